The number of aromatic amines is 1. The van der Waals surface area contributed by atoms with Crippen LogP contribution in [0.4, 0.5) is 8.78 Å². The maximum Gasteiger partial charge on any atom is 0.387 e. The molecular weight excluding hydrogens is 506 g/mol. The third kappa shape index (κ3) is 5.48. The third-order valence-electron chi connectivity index (χ3n) is 5.89. The van der Waals surface area contributed by atoms with Crippen LogP contribution in [0.15, 0.2) is 47.4 Å². The monoisotopic (exact) mass is 532 g/mol. The van der Waals surface area contributed by atoms with E-state index in [0.29, 0.717) is 5.52 Å². The lowest BCUT2D eigenvalue weighted by atomic mass is 9.98. The number of H-pyrrole nitrogens is 1. The zero-order valence-electron chi connectivity index (χ0n) is 20.7. The van der Waals surface area contributed by atoms with Gasteiger partial charge in [0.25, 0.3) is 5.88 Å². The summed E-state index contributed by atoms with van der Waals surface area (Å²) in [7, 11) is -3.64. The van der Waals surface area contributed by atoms with Crippen molar-refractivity contribution in [2.45, 2.75) is 33.4 Å². The normalized spacial score (nSPS) is 12.7. The molecule has 0 radical (unpaired) electrons. The summed E-state index contributed by atoms with van der Waals surface area (Å²) in [5, 5.41) is 0. The van der Waals surface area contributed by atoms with Crippen LogP contribution >= 0.6 is 0 Å². The number of rotatable bonds is 9. The molecule has 4 rings (SSSR count). The van der Waals surface area contributed by atoms with Gasteiger partial charge in [-0.2, -0.15) is 8.78 Å². The van der Waals surface area contributed by atoms with Crippen LogP contribution in [0.1, 0.15) is 29.8 Å². The molecule has 0 saturated heterocycles. The van der Waals surface area contributed by atoms with Crippen molar-refractivity contribution in [2.75, 3.05) is 18.6 Å². The number of hydrogen-bond donors (Lipinski definition) is 1. The van der Waals surface area contributed by atoms with Gasteiger partial charge in [0.15, 0.2) is 11.4 Å². The number of ether oxygens (including phenoxy) is 2. The zero-order valence-corrected chi connectivity index (χ0v) is 21.5. The number of imidazole rings is 1. The van der Waals surface area contributed by atoms with E-state index >= 15 is 0 Å². The third-order valence-corrected chi connectivity index (χ3v) is 6.81. The first-order valence-corrected chi connectivity index (χ1v) is 13.5. The number of alkyl halides is 2. The van der Waals surface area contributed by atoms with E-state index in [1.807, 2.05) is 38.1 Å². The second-order valence-electron chi connectivity index (χ2n) is 8.57. The number of benzene rings is 1. The van der Waals surface area contributed by atoms with Gasteiger partial charge >= 0.3 is 12.3 Å². The average Bonchev–Trinajstić information content (AvgIpc) is 3.15. The Kier molecular flexibility index (Phi) is 7.30. The van der Waals surface area contributed by atoms with Crippen LogP contribution in [0.2, 0.25) is 0 Å². The van der Waals surface area contributed by atoms with E-state index in [1.165, 1.54) is 16.7 Å². The molecule has 3 aromatic heterocycles. The summed E-state index contributed by atoms with van der Waals surface area (Å²) in [5.74, 6) is -1.03. The van der Waals surface area contributed by atoms with Crippen molar-refractivity contribution in [2.24, 2.45) is 0 Å². The second-order valence-corrected chi connectivity index (χ2v) is 10.8. The maximum atomic E-state index is 13.2. The molecule has 9 nitrogen and oxygen atoms in total. The summed E-state index contributed by atoms with van der Waals surface area (Å²) in [6, 6.07) is 9.18. The Morgan fingerprint density at radius 1 is 1.11 bits per heavy atom. The zero-order chi connectivity index (χ0) is 26.9. The topological polar surface area (TPSA) is 116 Å². The lowest BCUT2D eigenvalue weighted by Crippen LogP contribution is -2.29. The predicted octanol–water partition coefficient (Wildman–Crippen LogP) is 4.04. The molecular formula is C25H26F2N4O5S. The molecule has 0 amide bonds. The summed E-state index contributed by atoms with van der Waals surface area (Å²) >= 11 is 0. The standard InChI is InChI=1S/C25H26F2N4O5S/c1-5-35-23-20(36-24(26)27)11-10-18(29-23)19(13-37(4,33)34)31-22-21(30-25(31)32)15(3)17(12-28-22)16-9-7-6-8-14(16)2/h6-12,19,24H,5,13H2,1-4H3,(H,30,32)/t19-/m1/s1. The van der Waals surface area contributed by atoms with Crippen LogP contribution in [-0.2, 0) is 9.84 Å². The number of nitrogens with one attached hydrogen (secondary N) is 1. The smallest absolute Gasteiger partial charge is 0.387 e. The average molecular weight is 533 g/mol. The Bertz CT molecular complexity index is 1620. The van der Waals surface area contributed by atoms with Gasteiger partial charge in [0.1, 0.15) is 9.84 Å². The van der Waals surface area contributed by atoms with Gasteiger partial charge in [0.05, 0.1) is 29.6 Å². The summed E-state index contributed by atoms with van der Waals surface area (Å²) in [4.78, 5) is 24.8. The van der Waals surface area contributed by atoms with Crippen LogP contribution in [0, 0.1) is 13.8 Å². The highest BCUT2D eigenvalue weighted by Crippen LogP contribution is 2.33. The molecule has 0 aliphatic heterocycles. The molecule has 1 aromatic carbocycles. The van der Waals surface area contributed by atoms with Gasteiger partial charge in [0, 0.05) is 18.0 Å². The van der Waals surface area contributed by atoms with Crippen LogP contribution < -0.4 is 15.2 Å². The number of sulfone groups is 1. The van der Waals surface area contributed by atoms with E-state index in [4.69, 9.17) is 4.74 Å². The Hall–Kier alpha value is -3.80. The van der Waals surface area contributed by atoms with Gasteiger partial charge in [-0.3, -0.25) is 4.57 Å². The molecule has 1 N–H and O–H groups in total. The van der Waals surface area contributed by atoms with Gasteiger partial charge in [-0.15, -0.1) is 0 Å². The molecule has 1 atom stereocenters. The number of halogens is 2. The number of aryl methyl sites for hydroxylation is 2. The van der Waals surface area contributed by atoms with Crippen molar-refractivity contribution >= 4 is 21.0 Å². The first-order chi connectivity index (χ1) is 17.5. The fourth-order valence-corrected chi connectivity index (χ4v) is 5.15. The molecule has 0 spiro atoms. The van der Waals surface area contributed by atoms with Gasteiger partial charge in [-0.05, 0) is 49.6 Å². The molecule has 4 aromatic rings. The van der Waals surface area contributed by atoms with E-state index in [2.05, 4.69) is 19.7 Å². The highest BCUT2D eigenvalue weighted by Gasteiger charge is 2.28. The van der Waals surface area contributed by atoms with Crippen molar-refractivity contribution in [3.8, 4) is 22.8 Å². The summed E-state index contributed by atoms with van der Waals surface area (Å²) in [6.07, 6.45) is 2.67. The van der Waals surface area contributed by atoms with Gasteiger partial charge in [-0.25, -0.2) is 23.2 Å². The molecule has 0 fully saturated rings. The van der Waals surface area contributed by atoms with Crippen LogP contribution in [0.3, 0.4) is 0 Å². The lowest BCUT2D eigenvalue weighted by Gasteiger charge is -2.19. The van der Waals surface area contributed by atoms with Crippen LogP contribution in [0.5, 0.6) is 11.6 Å². The van der Waals surface area contributed by atoms with Crippen molar-refractivity contribution < 1.29 is 26.7 Å². The van der Waals surface area contributed by atoms with Gasteiger partial charge in [-0.1, -0.05) is 24.3 Å². The van der Waals surface area contributed by atoms with Gasteiger partial charge < -0.3 is 14.5 Å². The highest BCUT2D eigenvalue weighted by molar-refractivity contribution is 7.90. The van der Waals surface area contributed by atoms with Crippen LogP contribution in [0.25, 0.3) is 22.3 Å². The molecule has 0 aliphatic rings. The Balaban J connectivity index is 1.91. The first-order valence-electron chi connectivity index (χ1n) is 11.4. The maximum absolute atomic E-state index is 13.2. The van der Waals surface area contributed by atoms with E-state index in [1.54, 1.807) is 13.1 Å². The molecule has 37 heavy (non-hydrogen) atoms. The van der Waals surface area contributed by atoms with Crippen molar-refractivity contribution in [1.29, 1.82) is 0 Å². The molecule has 0 saturated carbocycles. The Morgan fingerprint density at radius 3 is 2.49 bits per heavy atom. The fraction of sp³-hybridized carbons (Fsp3) is 0.320. The minimum atomic E-state index is -3.64. The molecule has 196 valence electrons. The van der Waals surface area contributed by atoms with Gasteiger partial charge in [0.2, 0.25) is 0 Å². The summed E-state index contributed by atoms with van der Waals surface area (Å²) in [5.41, 5.74) is 3.78. The lowest BCUT2D eigenvalue weighted by molar-refractivity contribution is -0.0518. The van der Waals surface area contributed by atoms with Crippen molar-refractivity contribution in [3.63, 3.8) is 0 Å². The summed E-state index contributed by atoms with van der Waals surface area (Å²) < 4.78 is 61.5. The number of nitrogens with zero attached hydrogens (tertiary/aromatic N) is 3. The van der Waals surface area contributed by atoms with E-state index in [0.717, 1.165) is 28.5 Å². The minimum Gasteiger partial charge on any atom is -0.475 e. The largest absolute Gasteiger partial charge is 0.475 e. The van der Waals surface area contributed by atoms with E-state index in [9.17, 15) is 22.0 Å². The number of hydrogen-bond acceptors (Lipinski definition) is 7. The first kappa shape index (κ1) is 26.3. The molecule has 0 unspecified atom stereocenters. The van der Waals surface area contributed by atoms with E-state index < -0.39 is 33.9 Å². The summed E-state index contributed by atoms with van der Waals surface area (Å²) in [6.45, 7) is 2.45. The fourth-order valence-electron chi connectivity index (χ4n) is 4.25. The molecule has 0 aliphatic carbocycles. The number of pyridine rings is 2. The number of fused-ring (bicyclic) bond motifs is 1. The predicted molar refractivity (Wildman–Crippen MR) is 135 cm³/mol. The second kappa shape index (κ2) is 10.3. The Labute approximate surface area is 212 Å². The minimum absolute atomic E-state index is 0.0995. The SMILES string of the molecule is CCOc1nc([C@@H](CS(C)(=O)=O)n2c(=O)[nH]c3c(C)c(-c4ccccc4C)cnc32)ccc1OC(F)F. The van der Waals surface area contributed by atoms with E-state index in [-0.39, 0.29) is 29.6 Å². The number of aromatic nitrogens is 4. The quantitative estimate of drug-likeness (QED) is 0.346. The molecule has 0 bridgehead atoms. The van der Waals surface area contributed by atoms with Crippen molar-refractivity contribution in [1.82, 2.24) is 19.5 Å². The van der Waals surface area contributed by atoms with Crippen molar-refractivity contribution in [3.05, 3.63) is 69.9 Å². The highest BCUT2D eigenvalue weighted by atomic mass is 32.2. The Morgan fingerprint density at radius 2 is 1.84 bits per heavy atom. The van der Waals surface area contributed by atoms with Crippen LogP contribution in [-0.4, -0.2) is 53.2 Å². The molecule has 3 heterocycles. The molecule has 12 heteroatoms.